The topological polar surface area (TPSA) is 70.8 Å². The zero-order valence-electron chi connectivity index (χ0n) is 13.5. The van der Waals surface area contributed by atoms with Gasteiger partial charge in [-0.2, -0.15) is 0 Å². The summed E-state index contributed by atoms with van der Waals surface area (Å²) in [5.41, 5.74) is 5.12. The van der Waals surface area contributed by atoms with Gasteiger partial charge >= 0.3 is 13.2 Å². The van der Waals surface area contributed by atoms with Crippen LogP contribution >= 0.6 is 0 Å². The molecule has 1 aliphatic heterocycles. The van der Waals surface area contributed by atoms with Crippen molar-refractivity contribution in [3.63, 3.8) is 0 Å². The van der Waals surface area contributed by atoms with Crippen LogP contribution < -0.4 is 11.2 Å². The third kappa shape index (κ3) is 2.96. The maximum absolute atomic E-state index is 14.6. The van der Waals surface area contributed by atoms with Crippen molar-refractivity contribution >= 4 is 18.7 Å². The molecule has 1 fully saturated rings. The number of rotatable bonds is 3. The third-order valence-corrected chi connectivity index (χ3v) is 4.41. The lowest BCUT2D eigenvalue weighted by Crippen LogP contribution is -2.41. The fraction of sp³-hybridized carbons (Fsp3) is 0.533. The van der Waals surface area contributed by atoms with Crippen LogP contribution in [0.1, 0.15) is 38.8 Å². The van der Waals surface area contributed by atoms with Gasteiger partial charge in [-0.1, -0.05) is 12.1 Å². The van der Waals surface area contributed by atoms with E-state index in [0.29, 0.717) is 16.6 Å². The molecule has 22 heavy (non-hydrogen) atoms. The van der Waals surface area contributed by atoms with Gasteiger partial charge in [-0.15, -0.1) is 0 Å². The van der Waals surface area contributed by atoms with Crippen molar-refractivity contribution in [3.8, 4) is 0 Å². The molecule has 1 aliphatic rings. The van der Waals surface area contributed by atoms with Gasteiger partial charge in [0.1, 0.15) is 12.4 Å². The predicted octanol–water partition coefficient (Wildman–Crippen LogP) is 2.03. The SMILES string of the molecule is Cc1c(COC(N)=O)ccc(B2OC(C)(C)C(C)(C)O2)c1F. The summed E-state index contributed by atoms with van der Waals surface area (Å²) >= 11 is 0. The second kappa shape index (κ2) is 5.55. The molecule has 1 saturated heterocycles. The molecule has 0 unspecified atom stereocenters. The summed E-state index contributed by atoms with van der Waals surface area (Å²) < 4.78 is 31.0. The fourth-order valence-electron chi connectivity index (χ4n) is 2.20. The summed E-state index contributed by atoms with van der Waals surface area (Å²) in [5.74, 6) is -0.427. The summed E-state index contributed by atoms with van der Waals surface area (Å²) in [6.07, 6.45) is -0.894. The number of halogens is 1. The molecule has 5 nitrogen and oxygen atoms in total. The largest absolute Gasteiger partial charge is 0.497 e. The Morgan fingerprint density at radius 2 is 1.82 bits per heavy atom. The summed E-state index contributed by atoms with van der Waals surface area (Å²) in [5, 5.41) is 0. The molecule has 1 aromatic rings. The fourth-order valence-corrected chi connectivity index (χ4v) is 2.20. The Bertz CT molecular complexity index is 587. The van der Waals surface area contributed by atoms with Gasteiger partial charge in [0.15, 0.2) is 0 Å². The van der Waals surface area contributed by atoms with Crippen LogP contribution in [0.4, 0.5) is 9.18 Å². The summed E-state index contributed by atoms with van der Waals surface area (Å²) in [6.45, 7) is 9.19. The van der Waals surface area contributed by atoms with E-state index in [2.05, 4.69) is 0 Å². The van der Waals surface area contributed by atoms with E-state index in [0.717, 1.165) is 0 Å². The molecule has 0 spiro atoms. The molecule has 0 atom stereocenters. The highest BCUT2D eigenvalue weighted by Crippen LogP contribution is 2.36. The maximum atomic E-state index is 14.6. The van der Waals surface area contributed by atoms with Crippen molar-refractivity contribution in [2.45, 2.75) is 52.4 Å². The van der Waals surface area contributed by atoms with Crippen molar-refractivity contribution in [1.29, 1.82) is 0 Å². The zero-order valence-corrected chi connectivity index (χ0v) is 13.5. The lowest BCUT2D eigenvalue weighted by Gasteiger charge is -2.32. The second-order valence-corrected chi connectivity index (χ2v) is 6.45. The summed E-state index contributed by atoms with van der Waals surface area (Å²) in [4.78, 5) is 10.7. The Labute approximate surface area is 130 Å². The first kappa shape index (κ1) is 16.8. The number of amides is 1. The first-order chi connectivity index (χ1) is 10.0. The van der Waals surface area contributed by atoms with Crippen LogP contribution in [0.5, 0.6) is 0 Å². The van der Waals surface area contributed by atoms with Crippen LogP contribution in [0.2, 0.25) is 0 Å². The van der Waals surface area contributed by atoms with E-state index < -0.39 is 30.2 Å². The Morgan fingerprint density at radius 3 is 2.32 bits per heavy atom. The van der Waals surface area contributed by atoms with Crippen molar-refractivity contribution in [2.75, 3.05) is 0 Å². The van der Waals surface area contributed by atoms with Crippen molar-refractivity contribution in [2.24, 2.45) is 5.73 Å². The van der Waals surface area contributed by atoms with E-state index in [1.807, 2.05) is 27.7 Å². The van der Waals surface area contributed by atoms with Crippen LogP contribution in [-0.2, 0) is 20.7 Å². The minimum Gasteiger partial charge on any atom is -0.445 e. The van der Waals surface area contributed by atoms with E-state index in [9.17, 15) is 9.18 Å². The van der Waals surface area contributed by atoms with E-state index in [1.165, 1.54) is 0 Å². The molecule has 0 saturated carbocycles. The number of primary amides is 1. The smallest absolute Gasteiger partial charge is 0.445 e. The van der Waals surface area contributed by atoms with Crippen LogP contribution in [0.3, 0.4) is 0 Å². The number of benzene rings is 1. The quantitative estimate of drug-likeness (QED) is 0.867. The molecular formula is C15H21BFNO4. The summed E-state index contributed by atoms with van der Waals surface area (Å²) in [6, 6.07) is 3.27. The van der Waals surface area contributed by atoms with Gasteiger partial charge in [0.05, 0.1) is 11.2 Å². The van der Waals surface area contributed by atoms with E-state index in [1.54, 1.807) is 19.1 Å². The highest BCUT2D eigenvalue weighted by atomic mass is 19.1. The van der Waals surface area contributed by atoms with Gasteiger partial charge in [-0.3, -0.25) is 0 Å². The van der Waals surface area contributed by atoms with Crippen LogP contribution in [-0.4, -0.2) is 24.4 Å². The Morgan fingerprint density at radius 1 is 1.27 bits per heavy atom. The van der Waals surface area contributed by atoms with Crippen LogP contribution in [0, 0.1) is 12.7 Å². The number of ether oxygens (including phenoxy) is 1. The van der Waals surface area contributed by atoms with Gasteiger partial charge in [-0.05, 0) is 45.7 Å². The van der Waals surface area contributed by atoms with Crippen molar-refractivity contribution in [3.05, 3.63) is 29.1 Å². The molecule has 120 valence electrons. The highest BCUT2D eigenvalue weighted by molar-refractivity contribution is 6.62. The molecule has 0 aromatic heterocycles. The average molecular weight is 309 g/mol. The highest BCUT2D eigenvalue weighted by Gasteiger charge is 2.52. The first-order valence-corrected chi connectivity index (χ1v) is 7.11. The first-order valence-electron chi connectivity index (χ1n) is 7.11. The minimum absolute atomic E-state index is 0.0677. The second-order valence-electron chi connectivity index (χ2n) is 6.45. The van der Waals surface area contributed by atoms with Crippen LogP contribution in [0.15, 0.2) is 12.1 Å². The number of nitrogens with two attached hydrogens (primary N) is 1. The van der Waals surface area contributed by atoms with E-state index >= 15 is 0 Å². The van der Waals surface area contributed by atoms with Gasteiger partial charge < -0.3 is 19.8 Å². The third-order valence-electron chi connectivity index (χ3n) is 4.41. The molecule has 1 amide bonds. The van der Waals surface area contributed by atoms with Crippen molar-refractivity contribution < 1.29 is 23.2 Å². The van der Waals surface area contributed by atoms with Gasteiger partial charge in [0.2, 0.25) is 0 Å². The molecule has 2 N–H and O–H groups in total. The molecule has 1 aromatic carbocycles. The minimum atomic E-state index is -0.894. The van der Waals surface area contributed by atoms with Crippen molar-refractivity contribution in [1.82, 2.24) is 0 Å². The monoisotopic (exact) mass is 309 g/mol. The molecule has 7 heteroatoms. The van der Waals surface area contributed by atoms with Crippen LogP contribution in [0.25, 0.3) is 0 Å². The zero-order chi connectivity index (χ0) is 16.7. The lowest BCUT2D eigenvalue weighted by atomic mass is 9.77. The Balaban J connectivity index is 2.27. The Kier molecular flexibility index (Phi) is 4.23. The number of carbonyl (C=O) groups excluding carboxylic acids is 1. The molecule has 0 aliphatic carbocycles. The van der Waals surface area contributed by atoms with E-state index in [-0.39, 0.29) is 6.61 Å². The molecule has 0 radical (unpaired) electrons. The summed E-state index contributed by atoms with van der Waals surface area (Å²) in [7, 11) is -0.769. The number of hydrogen-bond donors (Lipinski definition) is 1. The van der Waals surface area contributed by atoms with Gasteiger partial charge in [0.25, 0.3) is 0 Å². The normalized spacial score (nSPS) is 19.3. The molecule has 2 rings (SSSR count). The molecule has 1 heterocycles. The number of hydrogen-bond acceptors (Lipinski definition) is 4. The Hall–Kier alpha value is -1.60. The van der Waals surface area contributed by atoms with Gasteiger partial charge in [-0.25, -0.2) is 9.18 Å². The molecule has 0 bridgehead atoms. The molecular weight excluding hydrogens is 288 g/mol. The average Bonchev–Trinajstić information content (AvgIpc) is 2.60. The predicted molar refractivity (Wildman–Crippen MR) is 81.2 cm³/mol. The lowest BCUT2D eigenvalue weighted by molar-refractivity contribution is 0.00578. The standard InChI is InChI=1S/C15H21BFNO4/c1-9-10(8-20-13(18)19)6-7-11(12(9)17)16-21-14(2,3)15(4,5)22-16/h6-7H,8H2,1-5H3,(H2,18,19). The van der Waals surface area contributed by atoms with E-state index in [4.69, 9.17) is 19.8 Å². The van der Waals surface area contributed by atoms with Gasteiger partial charge in [0, 0.05) is 5.46 Å². The maximum Gasteiger partial charge on any atom is 0.497 e. The number of carbonyl (C=O) groups is 1.